The molecule has 0 amide bonds. The number of fused-ring (bicyclic) bond motifs is 1. The zero-order valence-electron chi connectivity index (χ0n) is 12.9. The third-order valence-electron chi connectivity index (χ3n) is 3.60. The number of aromatic amines is 2. The van der Waals surface area contributed by atoms with Crippen molar-refractivity contribution in [2.24, 2.45) is 0 Å². The van der Waals surface area contributed by atoms with Crippen LogP contribution in [-0.4, -0.2) is 23.9 Å². The second-order valence-corrected chi connectivity index (χ2v) is 7.57. The van der Waals surface area contributed by atoms with Crippen molar-refractivity contribution in [1.82, 2.24) is 14.7 Å². The predicted molar refractivity (Wildman–Crippen MR) is 84.6 cm³/mol. The van der Waals surface area contributed by atoms with Gasteiger partial charge in [0, 0.05) is 5.54 Å². The summed E-state index contributed by atoms with van der Waals surface area (Å²) in [5, 5.41) is 0. The molecule has 0 bridgehead atoms. The van der Waals surface area contributed by atoms with Crippen LogP contribution < -0.4 is 15.8 Å². The lowest BCUT2D eigenvalue weighted by molar-refractivity contribution is 0.439. The topological polar surface area (TPSA) is 112 Å². The van der Waals surface area contributed by atoms with Gasteiger partial charge in [0.15, 0.2) is 0 Å². The van der Waals surface area contributed by atoms with E-state index in [1.54, 1.807) is 20.8 Å². The van der Waals surface area contributed by atoms with E-state index in [1.165, 1.54) is 12.1 Å². The molecule has 1 aromatic carbocycles. The van der Waals surface area contributed by atoms with Crippen molar-refractivity contribution < 1.29 is 8.42 Å². The number of hydrogen-bond acceptors (Lipinski definition) is 4. The third-order valence-corrected chi connectivity index (χ3v) is 5.44. The van der Waals surface area contributed by atoms with Crippen molar-refractivity contribution in [3.05, 3.63) is 38.4 Å². The van der Waals surface area contributed by atoms with E-state index in [4.69, 9.17) is 0 Å². The first-order valence-electron chi connectivity index (χ1n) is 6.87. The first-order valence-corrected chi connectivity index (χ1v) is 8.35. The Kier molecular flexibility index (Phi) is 4.01. The standard InChI is InChI=1S/C14H19N3O4S/c1-5-14(3,4)17-22(20,21)11-7-10-9(6-8(11)2)15-12(18)13(19)16-10/h6-7,17H,5H2,1-4H3,(H,15,18)(H,16,19). The van der Waals surface area contributed by atoms with Gasteiger partial charge in [0.1, 0.15) is 0 Å². The van der Waals surface area contributed by atoms with E-state index in [2.05, 4.69) is 14.7 Å². The highest BCUT2D eigenvalue weighted by Crippen LogP contribution is 2.22. The number of aryl methyl sites for hydroxylation is 1. The smallest absolute Gasteiger partial charge is 0.314 e. The van der Waals surface area contributed by atoms with Gasteiger partial charge in [-0.05, 0) is 44.9 Å². The van der Waals surface area contributed by atoms with Crippen LogP contribution in [0.2, 0.25) is 0 Å². The summed E-state index contributed by atoms with van der Waals surface area (Å²) in [5.74, 6) is 0. The maximum absolute atomic E-state index is 12.5. The Morgan fingerprint density at radius 2 is 1.59 bits per heavy atom. The molecule has 2 aromatic rings. The molecule has 0 aliphatic rings. The minimum Gasteiger partial charge on any atom is -0.316 e. The van der Waals surface area contributed by atoms with Gasteiger partial charge in [0.25, 0.3) is 0 Å². The number of rotatable bonds is 4. The first kappa shape index (κ1) is 16.4. The number of hydrogen-bond donors (Lipinski definition) is 3. The molecule has 0 unspecified atom stereocenters. The van der Waals surface area contributed by atoms with Crippen molar-refractivity contribution in [2.45, 2.75) is 44.6 Å². The Labute approximate surface area is 127 Å². The van der Waals surface area contributed by atoms with Crippen LogP contribution in [0.4, 0.5) is 0 Å². The van der Waals surface area contributed by atoms with E-state index in [9.17, 15) is 18.0 Å². The van der Waals surface area contributed by atoms with Crippen LogP contribution >= 0.6 is 0 Å². The molecular weight excluding hydrogens is 306 g/mol. The van der Waals surface area contributed by atoms with Crippen molar-refractivity contribution in [1.29, 1.82) is 0 Å². The summed E-state index contributed by atoms with van der Waals surface area (Å²) in [4.78, 5) is 27.6. The summed E-state index contributed by atoms with van der Waals surface area (Å²) in [5.41, 5.74) is -1.04. The average molecular weight is 325 g/mol. The van der Waals surface area contributed by atoms with Crippen LogP contribution in [0.5, 0.6) is 0 Å². The van der Waals surface area contributed by atoms with Gasteiger partial charge in [-0.3, -0.25) is 9.59 Å². The molecule has 0 spiro atoms. The fraction of sp³-hybridized carbons (Fsp3) is 0.429. The summed E-state index contributed by atoms with van der Waals surface area (Å²) in [6, 6.07) is 2.89. The van der Waals surface area contributed by atoms with Gasteiger partial charge in [-0.25, -0.2) is 13.1 Å². The molecule has 7 nitrogen and oxygen atoms in total. The molecule has 8 heteroatoms. The number of aromatic nitrogens is 2. The lowest BCUT2D eigenvalue weighted by atomic mass is 10.0. The van der Waals surface area contributed by atoms with E-state index < -0.39 is 26.7 Å². The Balaban J connectivity index is 2.66. The Hall–Kier alpha value is -1.93. The van der Waals surface area contributed by atoms with Crippen LogP contribution in [0.15, 0.2) is 26.6 Å². The van der Waals surface area contributed by atoms with Crippen LogP contribution in [0.1, 0.15) is 32.8 Å². The monoisotopic (exact) mass is 325 g/mol. The summed E-state index contributed by atoms with van der Waals surface area (Å²) < 4.78 is 27.7. The third kappa shape index (κ3) is 3.12. The maximum atomic E-state index is 12.5. The molecule has 0 radical (unpaired) electrons. The van der Waals surface area contributed by atoms with E-state index in [1.807, 2.05) is 6.92 Å². The van der Waals surface area contributed by atoms with E-state index in [0.717, 1.165) is 0 Å². The van der Waals surface area contributed by atoms with Gasteiger partial charge < -0.3 is 9.97 Å². The molecule has 22 heavy (non-hydrogen) atoms. The fourth-order valence-corrected chi connectivity index (χ4v) is 3.77. The average Bonchev–Trinajstić information content (AvgIpc) is 2.39. The fourth-order valence-electron chi connectivity index (χ4n) is 2.03. The predicted octanol–water partition coefficient (Wildman–Crippen LogP) is 0.992. The lowest BCUT2D eigenvalue weighted by Crippen LogP contribution is -2.42. The highest BCUT2D eigenvalue weighted by Gasteiger charge is 2.26. The van der Waals surface area contributed by atoms with Crippen molar-refractivity contribution in [3.63, 3.8) is 0 Å². The quantitative estimate of drug-likeness (QED) is 0.728. The maximum Gasteiger partial charge on any atom is 0.314 e. The Morgan fingerprint density at radius 3 is 2.09 bits per heavy atom. The van der Waals surface area contributed by atoms with Gasteiger partial charge in [-0.15, -0.1) is 0 Å². The van der Waals surface area contributed by atoms with Gasteiger partial charge in [-0.1, -0.05) is 6.92 Å². The van der Waals surface area contributed by atoms with Crippen LogP contribution in [0.3, 0.4) is 0 Å². The molecule has 1 heterocycles. The van der Waals surface area contributed by atoms with E-state index in [0.29, 0.717) is 17.5 Å². The van der Waals surface area contributed by atoms with Gasteiger partial charge >= 0.3 is 11.1 Å². The van der Waals surface area contributed by atoms with Crippen molar-refractivity contribution >= 4 is 21.1 Å². The van der Waals surface area contributed by atoms with E-state index >= 15 is 0 Å². The van der Waals surface area contributed by atoms with Gasteiger partial charge in [-0.2, -0.15) is 0 Å². The molecule has 0 atom stereocenters. The van der Waals surface area contributed by atoms with Crippen LogP contribution in [0.25, 0.3) is 11.0 Å². The first-order chi connectivity index (χ1) is 10.1. The van der Waals surface area contributed by atoms with Crippen LogP contribution in [-0.2, 0) is 10.0 Å². The second-order valence-electron chi connectivity index (χ2n) is 5.91. The molecule has 0 aliphatic heterocycles. The van der Waals surface area contributed by atoms with Gasteiger partial charge in [0.05, 0.1) is 15.9 Å². The molecule has 0 fully saturated rings. The highest BCUT2D eigenvalue weighted by atomic mass is 32.2. The molecule has 0 saturated carbocycles. The van der Waals surface area contributed by atoms with Crippen molar-refractivity contribution in [2.75, 3.05) is 0 Å². The molecular formula is C14H19N3O4S. The summed E-state index contributed by atoms with van der Waals surface area (Å²) >= 11 is 0. The summed E-state index contributed by atoms with van der Waals surface area (Å²) in [6.07, 6.45) is 0.628. The molecule has 120 valence electrons. The highest BCUT2D eigenvalue weighted by molar-refractivity contribution is 7.89. The Morgan fingerprint density at radius 1 is 1.09 bits per heavy atom. The molecule has 3 N–H and O–H groups in total. The number of benzene rings is 1. The normalized spacial score (nSPS) is 12.7. The number of nitrogens with one attached hydrogen (secondary N) is 3. The minimum absolute atomic E-state index is 0.0734. The number of H-pyrrole nitrogens is 2. The van der Waals surface area contributed by atoms with Gasteiger partial charge in [0.2, 0.25) is 10.0 Å². The second kappa shape index (κ2) is 5.36. The molecule has 0 aliphatic carbocycles. The van der Waals surface area contributed by atoms with Crippen molar-refractivity contribution in [3.8, 4) is 0 Å². The summed E-state index contributed by atoms with van der Waals surface area (Å²) in [6.45, 7) is 7.11. The number of sulfonamides is 1. The molecule has 2 rings (SSSR count). The molecule has 0 saturated heterocycles. The molecule has 1 aromatic heterocycles. The summed E-state index contributed by atoms with van der Waals surface area (Å²) in [7, 11) is -3.74. The zero-order valence-corrected chi connectivity index (χ0v) is 13.7. The largest absolute Gasteiger partial charge is 0.316 e. The van der Waals surface area contributed by atoms with Crippen LogP contribution in [0, 0.1) is 6.92 Å². The minimum atomic E-state index is -3.74. The Bertz CT molecular complexity index is 939. The zero-order chi connectivity index (χ0) is 16.7. The van der Waals surface area contributed by atoms with E-state index in [-0.39, 0.29) is 10.4 Å². The lowest BCUT2D eigenvalue weighted by Gasteiger charge is -2.24. The SMILES string of the molecule is CCC(C)(C)NS(=O)(=O)c1cc2[nH]c(=O)c(=O)[nH]c2cc1C.